The molecule has 0 radical (unpaired) electrons. The van der Waals surface area contributed by atoms with Crippen LogP contribution in [0, 0.1) is 5.92 Å². The van der Waals surface area contributed by atoms with Gasteiger partial charge in [0.05, 0.1) is 0 Å². The van der Waals surface area contributed by atoms with Gasteiger partial charge in [-0.2, -0.15) is 0 Å². The number of unbranched alkanes of at least 4 members (excludes halogenated alkanes) is 1. The summed E-state index contributed by atoms with van der Waals surface area (Å²) in [4.78, 5) is 0. The highest BCUT2D eigenvalue weighted by Crippen LogP contribution is 2.32. The van der Waals surface area contributed by atoms with Crippen LogP contribution in [0.25, 0.3) is 0 Å². The molecule has 0 aromatic carbocycles. The van der Waals surface area contributed by atoms with Gasteiger partial charge in [-0.05, 0) is 64.8 Å². The van der Waals surface area contributed by atoms with E-state index in [0.29, 0.717) is 5.92 Å². The third-order valence-corrected chi connectivity index (χ3v) is 15.3. The number of hydrogen-bond acceptors (Lipinski definition) is 3. The molecule has 3 nitrogen and oxygen atoms in total. The second-order valence-electron chi connectivity index (χ2n) is 9.78. The zero-order valence-corrected chi connectivity index (χ0v) is 21.6. The van der Waals surface area contributed by atoms with Crippen LogP contribution in [0.4, 0.5) is 0 Å². The van der Waals surface area contributed by atoms with E-state index in [2.05, 4.69) is 72.8 Å². The molecule has 0 bridgehead atoms. The predicted octanol–water partition coefficient (Wildman–Crippen LogP) is 6.31. The van der Waals surface area contributed by atoms with Crippen molar-refractivity contribution in [3.05, 3.63) is 0 Å². The molecule has 0 aliphatic carbocycles. The summed E-state index contributed by atoms with van der Waals surface area (Å²) in [6, 6.07) is 0.978. The molecule has 0 amide bonds. The fourth-order valence-corrected chi connectivity index (χ4v) is 17.5. The van der Waals surface area contributed by atoms with Crippen LogP contribution in [0.1, 0.15) is 33.1 Å². The molecule has 0 saturated carbocycles. The lowest BCUT2D eigenvalue weighted by Crippen LogP contribution is -2.61. The lowest BCUT2D eigenvalue weighted by molar-refractivity contribution is 0.241. The zero-order valence-electron chi connectivity index (χ0n) is 17.6. The minimum absolute atomic E-state index is 0.602. The molecular weight excluding hydrogens is 353 g/mol. The first-order chi connectivity index (χ1) is 10.1. The highest BCUT2D eigenvalue weighted by atomic mass is 28.5. The van der Waals surface area contributed by atoms with E-state index in [9.17, 15) is 0 Å². The van der Waals surface area contributed by atoms with Crippen LogP contribution in [-0.4, -0.2) is 33.8 Å². The minimum Gasteiger partial charge on any atom is -0.417 e. The Kier molecular flexibility index (Phi) is 9.20. The Hall–Kier alpha value is 0.748. The second-order valence-corrected chi connectivity index (χ2v) is 26.7. The fraction of sp³-hybridized carbons (Fsp3) is 1.00. The van der Waals surface area contributed by atoms with Gasteiger partial charge < -0.3 is 12.3 Å². The Morgan fingerprint density at radius 2 is 1.04 bits per heavy atom. The maximum atomic E-state index is 6.73. The molecule has 1 unspecified atom stereocenters. The maximum absolute atomic E-state index is 6.73. The molecule has 0 heterocycles. The summed E-state index contributed by atoms with van der Waals surface area (Å²) in [5.74, 6) is 0.602. The minimum atomic E-state index is -2.63. The lowest BCUT2D eigenvalue weighted by Gasteiger charge is -2.43. The average Bonchev–Trinajstić information content (AvgIpc) is 2.17. The van der Waals surface area contributed by atoms with E-state index >= 15 is 0 Å². The molecule has 0 aliphatic heterocycles. The third kappa shape index (κ3) is 12.7. The highest BCUT2D eigenvalue weighted by Gasteiger charge is 2.50. The van der Waals surface area contributed by atoms with E-state index in [1.165, 1.54) is 19.3 Å². The zero-order chi connectivity index (χ0) is 18.5. The van der Waals surface area contributed by atoms with Crippen LogP contribution in [0.15, 0.2) is 0 Å². The van der Waals surface area contributed by atoms with Crippen molar-refractivity contribution in [3.63, 3.8) is 0 Å². The molecule has 140 valence electrons. The van der Waals surface area contributed by atoms with E-state index in [1.807, 2.05) is 0 Å². The standard InChI is InChI=1S/C16H42O3Si4/c1-12-13-14-16(2)15-23(17-20(3,4)5,18-21(6,7)8)19-22(9,10)11/h16H,12-15H2,1-11H3. The third-order valence-electron chi connectivity index (χ3n) is 3.03. The van der Waals surface area contributed by atoms with Crippen molar-refractivity contribution < 1.29 is 12.3 Å². The molecule has 1 atom stereocenters. The van der Waals surface area contributed by atoms with E-state index in [1.54, 1.807) is 0 Å². The molecule has 23 heavy (non-hydrogen) atoms. The molecule has 7 heteroatoms. The molecule has 0 fully saturated rings. The second kappa shape index (κ2) is 8.91. The van der Waals surface area contributed by atoms with Gasteiger partial charge >= 0.3 is 8.80 Å². The number of rotatable bonds is 11. The Balaban J connectivity index is 5.53. The molecule has 0 spiro atoms. The first-order valence-corrected chi connectivity index (χ1v) is 21.3. The van der Waals surface area contributed by atoms with Gasteiger partial charge in [-0.1, -0.05) is 33.1 Å². The van der Waals surface area contributed by atoms with Gasteiger partial charge in [0, 0.05) is 6.04 Å². The summed E-state index contributed by atoms with van der Waals surface area (Å²) < 4.78 is 20.2. The molecule has 0 saturated heterocycles. The molecule has 0 N–H and O–H groups in total. The van der Waals surface area contributed by atoms with Crippen molar-refractivity contribution in [3.8, 4) is 0 Å². The summed E-state index contributed by atoms with van der Waals surface area (Å²) in [5.41, 5.74) is 0. The predicted molar refractivity (Wildman–Crippen MR) is 113 cm³/mol. The smallest absolute Gasteiger partial charge is 0.417 e. The molecule has 0 aromatic heterocycles. The van der Waals surface area contributed by atoms with Crippen LogP contribution in [-0.2, 0) is 12.3 Å². The van der Waals surface area contributed by atoms with Crippen LogP contribution < -0.4 is 0 Å². The summed E-state index contributed by atoms with van der Waals surface area (Å²) in [6.45, 7) is 24.9. The lowest BCUT2D eigenvalue weighted by atomic mass is 10.1. The number of hydrogen-bond donors (Lipinski definition) is 0. The summed E-state index contributed by atoms with van der Waals surface area (Å²) in [5, 5.41) is 0. The SMILES string of the molecule is CCCCC(C)C[Si](O[Si](C)(C)C)(O[Si](C)(C)C)O[Si](C)(C)C. The van der Waals surface area contributed by atoms with Crippen LogP contribution in [0.2, 0.25) is 65.0 Å². The topological polar surface area (TPSA) is 27.7 Å². The van der Waals surface area contributed by atoms with Gasteiger partial charge in [0.15, 0.2) is 25.0 Å². The van der Waals surface area contributed by atoms with Crippen molar-refractivity contribution in [2.24, 2.45) is 5.92 Å². The Labute approximate surface area is 150 Å². The summed E-state index contributed by atoms with van der Waals surface area (Å²) in [6.07, 6.45) is 3.76. The van der Waals surface area contributed by atoms with Gasteiger partial charge in [0.1, 0.15) is 0 Å². The van der Waals surface area contributed by atoms with Gasteiger partial charge in [-0.3, -0.25) is 0 Å². The molecular formula is C16H42O3Si4. The van der Waals surface area contributed by atoms with E-state index in [4.69, 9.17) is 12.3 Å². The largest absolute Gasteiger partial charge is 0.469 e. The van der Waals surface area contributed by atoms with Crippen LogP contribution >= 0.6 is 0 Å². The maximum Gasteiger partial charge on any atom is 0.469 e. The van der Waals surface area contributed by atoms with Crippen molar-refractivity contribution in [2.75, 3.05) is 0 Å². The normalized spacial score (nSPS) is 15.8. The Morgan fingerprint density at radius 3 is 1.30 bits per heavy atom. The van der Waals surface area contributed by atoms with Gasteiger partial charge in [-0.15, -0.1) is 0 Å². The van der Waals surface area contributed by atoms with E-state index in [-0.39, 0.29) is 0 Å². The highest BCUT2D eigenvalue weighted by molar-refractivity contribution is 6.90. The first-order valence-electron chi connectivity index (χ1n) is 9.18. The van der Waals surface area contributed by atoms with E-state index < -0.39 is 33.8 Å². The quantitative estimate of drug-likeness (QED) is 0.384. The van der Waals surface area contributed by atoms with Gasteiger partial charge in [0.25, 0.3) is 0 Å². The monoisotopic (exact) mass is 394 g/mol. The van der Waals surface area contributed by atoms with Gasteiger partial charge in [-0.25, -0.2) is 0 Å². The van der Waals surface area contributed by atoms with Crippen LogP contribution in [0.3, 0.4) is 0 Å². The molecule has 0 aromatic rings. The Bertz CT molecular complexity index is 302. The van der Waals surface area contributed by atoms with Crippen molar-refractivity contribution in [1.82, 2.24) is 0 Å². The average molecular weight is 395 g/mol. The van der Waals surface area contributed by atoms with Crippen molar-refractivity contribution >= 4 is 33.8 Å². The summed E-state index contributed by atoms with van der Waals surface area (Å²) >= 11 is 0. The summed E-state index contributed by atoms with van der Waals surface area (Å²) in [7, 11) is -7.83. The van der Waals surface area contributed by atoms with Crippen molar-refractivity contribution in [1.29, 1.82) is 0 Å². The van der Waals surface area contributed by atoms with E-state index in [0.717, 1.165) is 6.04 Å². The molecule has 0 rings (SSSR count). The first kappa shape index (κ1) is 23.7. The molecule has 0 aliphatic rings. The van der Waals surface area contributed by atoms with Crippen molar-refractivity contribution in [2.45, 2.75) is 98.1 Å². The Morgan fingerprint density at radius 1 is 0.696 bits per heavy atom. The fourth-order valence-electron chi connectivity index (χ4n) is 2.67. The van der Waals surface area contributed by atoms with Crippen LogP contribution in [0.5, 0.6) is 0 Å². The van der Waals surface area contributed by atoms with Gasteiger partial charge in [0.2, 0.25) is 0 Å².